The summed E-state index contributed by atoms with van der Waals surface area (Å²) in [5.74, 6) is -0.287. The van der Waals surface area contributed by atoms with Crippen molar-refractivity contribution in [1.82, 2.24) is 0 Å². The van der Waals surface area contributed by atoms with Gasteiger partial charge in [-0.05, 0) is 31.6 Å². The lowest BCUT2D eigenvalue weighted by molar-refractivity contribution is -0.153. The molecule has 1 saturated carbocycles. The Labute approximate surface area is 85.5 Å². The van der Waals surface area contributed by atoms with E-state index in [1.54, 1.807) is 6.92 Å². The molecule has 1 fully saturated rings. The van der Waals surface area contributed by atoms with Crippen LogP contribution >= 0.6 is 0 Å². The van der Waals surface area contributed by atoms with Gasteiger partial charge >= 0.3 is 5.97 Å². The molecule has 0 bridgehead atoms. The maximum atomic E-state index is 11.3. The van der Waals surface area contributed by atoms with Gasteiger partial charge in [0.2, 0.25) is 0 Å². The summed E-state index contributed by atoms with van der Waals surface area (Å²) in [4.78, 5) is 11.3. The minimum Gasteiger partial charge on any atom is -0.466 e. The third-order valence-corrected chi connectivity index (χ3v) is 3.39. The first-order valence-corrected chi connectivity index (χ1v) is 5.29. The Balaban J connectivity index is 2.61. The number of esters is 1. The molecule has 1 aliphatic rings. The van der Waals surface area contributed by atoms with Crippen molar-refractivity contribution in [2.45, 2.75) is 52.1 Å². The van der Waals surface area contributed by atoms with Crippen LogP contribution in [0.25, 0.3) is 0 Å². The van der Waals surface area contributed by atoms with Crippen molar-refractivity contribution >= 4 is 5.97 Å². The minimum absolute atomic E-state index is 0.133. The highest BCUT2D eigenvalue weighted by Crippen LogP contribution is 2.47. The van der Waals surface area contributed by atoms with Crippen LogP contribution in [0.5, 0.6) is 0 Å². The van der Waals surface area contributed by atoms with Crippen LogP contribution in [-0.4, -0.2) is 23.3 Å². The molecule has 0 spiro atoms. The Hall–Kier alpha value is -0.570. The van der Waals surface area contributed by atoms with Gasteiger partial charge < -0.3 is 9.84 Å². The van der Waals surface area contributed by atoms with Gasteiger partial charge in [-0.25, -0.2) is 0 Å². The van der Waals surface area contributed by atoms with E-state index in [1.165, 1.54) is 0 Å². The standard InChI is InChI=1S/C11H20O3/c1-4-14-9(12)8-11(13)7-5-6-10(11,2)3/h13H,4-8H2,1-3H3/t11-/m1/s1. The van der Waals surface area contributed by atoms with E-state index in [0.29, 0.717) is 13.0 Å². The molecule has 0 radical (unpaired) electrons. The van der Waals surface area contributed by atoms with Crippen LogP contribution < -0.4 is 0 Å². The number of rotatable bonds is 3. The summed E-state index contributed by atoms with van der Waals surface area (Å²) in [7, 11) is 0. The summed E-state index contributed by atoms with van der Waals surface area (Å²) in [6, 6.07) is 0. The summed E-state index contributed by atoms with van der Waals surface area (Å²) in [6.45, 7) is 6.19. The Morgan fingerprint density at radius 3 is 2.50 bits per heavy atom. The van der Waals surface area contributed by atoms with E-state index in [-0.39, 0.29) is 17.8 Å². The number of hydrogen-bond acceptors (Lipinski definition) is 3. The van der Waals surface area contributed by atoms with Crippen molar-refractivity contribution in [3.8, 4) is 0 Å². The molecule has 1 atom stereocenters. The summed E-state index contributed by atoms with van der Waals surface area (Å²) >= 11 is 0. The van der Waals surface area contributed by atoms with Crippen LogP contribution in [-0.2, 0) is 9.53 Å². The van der Waals surface area contributed by atoms with Crippen molar-refractivity contribution in [1.29, 1.82) is 0 Å². The topological polar surface area (TPSA) is 46.5 Å². The first-order valence-electron chi connectivity index (χ1n) is 5.29. The predicted molar refractivity (Wildman–Crippen MR) is 53.8 cm³/mol. The van der Waals surface area contributed by atoms with Crippen LogP contribution in [0.2, 0.25) is 0 Å². The monoisotopic (exact) mass is 200 g/mol. The van der Waals surface area contributed by atoms with Gasteiger partial charge in [-0.3, -0.25) is 4.79 Å². The number of ether oxygens (including phenoxy) is 1. The van der Waals surface area contributed by atoms with Crippen molar-refractivity contribution in [2.24, 2.45) is 5.41 Å². The molecule has 0 aromatic carbocycles. The van der Waals surface area contributed by atoms with Crippen LogP contribution in [0.4, 0.5) is 0 Å². The van der Waals surface area contributed by atoms with E-state index in [2.05, 4.69) is 0 Å². The predicted octanol–water partition coefficient (Wildman–Crippen LogP) is 1.88. The van der Waals surface area contributed by atoms with Crippen molar-refractivity contribution in [3.05, 3.63) is 0 Å². The highest BCUT2D eigenvalue weighted by Gasteiger charge is 2.48. The zero-order valence-corrected chi connectivity index (χ0v) is 9.30. The average molecular weight is 200 g/mol. The molecule has 82 valence electrons. The summed E-state index contributed by atoms with van der Waals surface area (Å²) in [5.41, 5.74) is -1.03. The molecule has 1 N–H and O–H groups in total. The Kier molecular flexibility index (Phi) is 3.20. The maximum Gasteiger partial charge on any atom is 0.308 e. The van der Waals surface area contributed by atoms with Gasteiger partial charge in [-0.1, -0.05) is 13.8 Å². The largest absolute Gasteiger partial charge is 0.466 e. The van der Waals surface area contributed by atoms with E-state index >= 15 is 0 Å². The first kappa shape index (κ1) is 11.5. The molecule has 14 heavy (non-hydrogen) atoms. The van der Waals surface area contributed by atoms with Crippen LogP contribution in [0.1, 0.15) is 46.5 Å². The Morgan fingerprint density at radius 1 is 1.43 bits per heavy atom. The molecule has 1 aliphatic carbocycles. The lowest BCUT2D eigenvalue weighted by Crippen LogP contribution is -2.42. The molecular formula is C11H20O3. The minimum atomic E-state index is -0.862. The summed E-state index contributed by atoms with van der Waals surface area (Å²) in [6.07, 6.45) is 2.80. The van der Waals surface area contributed by atoms with E-state index in [0.717, 1.165) is 12.8 Å². The van der Waals surface area contributed by atoms with Crippen molar-refractivity contribution in [2.75, 3.05) is 6.61 Å². The summed E-state index contributed by atoms with van der Waals surface area (Å²) in [5, 5.41) is 10.3. The van der Waals surface area contributed by atoms with Gasteiger partial charge in [0, 0.05) is 0 Å². The van der Waals surface area contributed by atoms with Gasteiger partial charge in [0.1, 0.15) is 0 Å². The number of carbonyl (C=O) groups excluding carboxylic acids is 1. The zero-order valence-electron chi connectivity index (χ0n) is 9.30. The molecule has 0 heterocycles. The van der Waals surface area contributed by atoms with Gasteiger partial charge in [0.05, 0.1) is 18.6 Å². The van der Waals surface area contributed by atoms with E-state index in [9.17, 15) is 9.90 Å². The van der Waals surface area contributed by atoms with Crippen molar-refractivity contribution < 1.29 is 14.6 Å². The average Bonchev–Trinajstić information content (AvgIpc) is 2.26. The fourth-order valence-electron chi connectivity index (χ4n) is 2.17. The Bertz CT molecular complexity index is 223. The third kappa shape index (κ3) is 2.08. The van der Waals surface area contributed by atoms with E-state index < -0.39 is 5.60 Å². The highest BCUT2D eigenvalue weighted by molar-refractivity contribution is 5.70. The molecule has 0 aliphatic heterocycles. The van der Waals surface area contributed by atoms with E-state index in [4.69, 9.17) is 4.74 Å². The lowest BCUT2D eigenvalue weighted by Gasteiger charge is -2.35. The van der Waals surface area contributed by atoms with Gasteiger partial charge in [0.15, 0.2) is 0 Å². The molecular weight excluding hydrogens is 180 g/mol. The molecule has 0 amide bonds. The number of hydrogen-bond donors (Lipinski definition) is 1. The second-order valence-electron chi connectivity index (χ2n) is 4.75. The Morgan fingerprint density at radius 2 is 2.07 bits per heavy atom. The smallest absolute Gasteiger partial charge is 0.308 e. The van der Waals surface area contributed by atoms with Gasteiger partial charge in [-0.2, -0.15) is 0 Å². The fraction of sp³-hybridized carbons (Fsp3) is 0.909. The van der Waals surface area contributed by atoms with Crippen molar-refractivity contribution in [3.63, 3.8) is 0 Å². The quantitative estimate of drug-likeness (QED) is 0.707. The first-order chi connectivity index (χ1) is 6.41. The zero-order chi connectivity index (χ0) is 10.8. The van der Waals surface area contributed by atoms with Crippen LogP contribution in [0, 0.1) is 5.41 Å². The van der Waals surface area contributed by atoms with Gasteiger partial charge in [-0.15, -0.1) is 0 Å². The van der Waals surface area contributed by atoms with Gasteiger partial charge in [0.25, 0.3) is 0 Å². The molecule has 0 unspecified atom stereocenters. The second-order valence-corrected chi connectivity index (χ2v) is 4.75. The second kappa shape index (κ2) is 3.89. The lowest BCUT2D eigenvalue weighted by atomic mass is 9.76. The molecule has 0 saturated heterocycles. The number of carbonyl (C=O) groups is 1. The highest BCUT2D eigenvalue weighted by atomic mass is 16.5. The molecule has 1 rings (SSSR count). The third-order valence-electron chi connectivity index (χ3n) is 3.39. The fourth-order valence-corrected chi connectivity index (χ4v) is 2.17. The SMILES string of the molecule is CCOC(=O)C[C@]1(O)CCCC1(C)C. The molecule has 3 nitrogen and oxygen atoms in total. The molecule has 0 aromatic heterocycles. The molecule has 3 heteroatoms. The normalized spacial score (nSPS) is 30.3. The number of aliphatic hydroxyl groups is 1. The van der Waals surface area contributed by atoms with Crippen LogP contribution in [0.15, 0.2) is 0 Å². The van der Waals surface area contributed by atoms with E-state index in [1.807, 2.05) is 13.8 Å². The van der Waals surface area contributed by atoms with Crippen LogP contribution in [0.3, 0.4) is 0 Å². The molecule has 0 aromatic rings. The maximum absolute atomic E-state index is 11.3. The summed E-state index contributed by atoms with van der Waals surface area (Å²) < 4.78 is 4.86.